The van der Waals surface area contributed by atoms with Crippen molar-refractivity contribution in [3.05, 3.63) is 12.2 Å². The monoisotopic (exact) mass is 466 g/mol. The van der Waals surface area contributed by atoms with E-state index < -0.39 is 8.32 Å². The molecule has 0 spiro atoms. The van der Waals surface area contributed by atoms with E-state index >= 15 is 0 Å². The molecule has 3 nitrogen and oxygen atoms in total. The van der Waals surface area contributed by atoms with Gasteiger partial charge in [0, 0.05) is 6.42 Å². The van der Waals surface area contributed by atoms with Crippen LogP contribution in [0.5, 0.6) is 0 Å². The largest absolute Gasteiger partial charge is 0.459 e. The van der Waals surface area contributed by atoms with E-state index in [4.69, 9.17) is 9.16 Å². The second-order valence-electron chi connectivity index (χ2n) is 10.7. The van der Waals surface area contributed by atoms with Gasteiger partial charge >= 0.3 is 5.97 Å². The van der Waals surface area contributed by atoms with Crippen LogP contribution >= 0.6 is 0 Å². The molecule has 0 radical (unpaired) electrons. The standard InChI is InChI=1S/C28H54O3Si/c1-6-8-9-10-11-12-13-14-15-16-17-18-19-20-21-23-27(29)30-26(7-2)28(3)24-22-25-32(4,5)31-28/h14-15,26H,6-13,16-25H2,1-5H3/b15-14-. The Morgan fingerprint density at radius 2 is 1.50 bits per heavy atom. The Morgan fingerprint density at radius 3 is 2.06 bits per heavy atom. The molecule has 188 valence electrons. The molecule has 0 amide bonds. The molecule has 1 fully saturated rings. The van der Waals surface area contributed by atoms with Gasteiger partial charge in [-0.3, -0.25) is 4.79 Å². The van der Waals surface area contributed by atoms with Gasteiger partial charge in [0.25, 0.3) is 0 Å². The molecule has 1 aliphatic heterocycles. The molecule has 0 aromatic rings. The Labute approximate surface area is 201 Å². The molecule has 1 saturated heterocycles. The first-order valence-corrected chi connectivity index (χ1v) is 17.0. The Kier molecular flexibility index (Phi) is 15.6. The molecule has 1 aliphatic rings. The fourth-order valence-corrected chi connectivity index (χ4v) is 7.65. The van der Waals surface area contributed by atoms with Gasteiger partial charge in [0.1, 0.15) is 6.10 Å². The third-order valence-electron chi connectivity index (χ3n) is 6.93. The van der Waals surface area contributed by atoms with E-state index in [1.54, 1.807) is 0 Å². The smallest absolute Gasteiger partial charge is 0.306 e. The van der Waals surface area contributed by atoms with Crippen molar-refractivity contribution in [3.8, 4) is 0 Å². The molecule has 0 N–H and O–H groups in total. The highest BCUT2D eigenvalue weighted by molar-refractivity contribution is 6.71. The Balaban J connectivity index is 2.04. The van der Waals surface area contributed by atoms with Crippen LogP contribution in [0.4, 0.5) is 0 Å². The summed E-state index contributed by atoms with van der Waals surface area (Å²) in [5, 5.41) is 0. The van der Waals surface area contributed by atoms with Crippen molar-refractivity contribution in [2.75, 3.05) is 0 Å². The lowest BCUT2D eigenvalue weighted by atomic mass is 9.91. The fourth-order valence-electron chi connectivity index (χ4n) is 5.02. The van der Waals surface area contributed by atoms with Gasteiger partial charge in [0.05, 0.1) is 5.60 Å². The molecule has 4 heteroatoms. The molecule has 0 aromatic carbocycles. The third-order valence-corrected chi connectivity index (χ3v) is 9.51. The number of hydrogen-bond acceptors (Lipinski definition) is 3. The van der Waals surface area contributed by atoms with Crippen LogP contribution in [0.2, 0.25) is 19.1 Å². The molecular weight excluding hydrogens is 412 g/mol. The van der Waals surface area contributed by atoms with Crippen molar-refractivity contribution in [2.45, 2.75) is 161 Å². The van der Waals surface area contributed by atoms with E-state index in [1.165, 1.54) is 83.1 Å². The normalized spacial score (nSPS) is 21.7. The zero-order valence-corrected chi connectivity index (χ0v) is 23.2. The zero-order valence-electron chi connectivity index (χ0n) is 22.2. The van der Waals surface area contributed by atoms with Crippen LogP contribution in [0.25, 0.3) is 0 Å². The predicted octanol–water partition coefficient (Wildman–Crippen LogP) is 9.12. The summed E-state index contributed by atoms with van der Waals surface area (Å²) in [6.07, 6.45) is 24.8. The first-order valence-electron chi connectivity index (χ1n) is 13.9. The Bertz CT molecular complexity index is 517. The number of unbranched alkanes of at least 4 members (excludes halogenated alkanes) is 11. The van der Waals surface area contributed by atoms with E-state index in [0.717, 1.165) is 25.7 Å². The van der Waals surface area contributed by atoms with E-state index in [9.17, 15) is 4.79 Å². The summed E-state index contributed by atoms with van der Waals surface area (Å²) in [6.45, 7) is 11.1. The highest BCUT2D eigenvalue weighted by Crippen LogP contribution is 2.37. The number of ether oxygens (including phenoxy) is 1. The van der Waals surface area contributed by atoms with Crippen LogP contribution in [0.1, 0.15) is 130 Å². The highest BCUT2D eigenvalue weighted by atomic mass is 28.4. The second kappa shape index (κ2) is 16.9. The van der Waals surface area contributed by atoms with Crippen LogP contribution in [0, 0.1) is 0 Å². The summed E-state index contributed by atoms with van der Waals surface area (Å²) >= 11 is 0. The quantitative estimate of drug-likeness (QED) is 0.0874. The second-order valence-corrected chi connectivity index (χ2v) is 15.0. The van der Waals surface area contributed by atoms with E-state index in [-0.39, 0.29) is 17.7 Å². The van der Waals surface area contributed by atoms with Crippen LogP contribution in [0.3, 0.4) is 0 Å². The summed E-state index contributed by atoms with van der Waals surface area (Å²) < 4.78 is 12.4. The van der Waals surface area contributed by atoms with Crippen molar-refractivity contribution in [1.82, 2.24) is 0 Å². The van der Waals surface area contributed by atoms with Crippen molar-refractivity contribution < 1.29 is 14.0 Å². The van der Waals surface area contributed by atoms with Gasteiger partial charge < -0.3 is 9.16 Å². The summed E-state index contributed by atoms with van der Waals surface area (Å²) in [6, 6.07) is 1.21. The third kappa shape index (κ3) is 13.2. The van der Waals surface area contributed by atoms with Crippen molar-refractivity contribution in [1.29, 1.82) is 0 Å². The van der Waals surface area contributed by atoms with Gasteiger partial charge in [-0.1, -0.05) is 83.8 Å². The van der Waals surface area contributed by atoms with Crippen molar-refractivity contribution in [2.24, 2.45) is 0 Å². The van der Waals surface area contributed by atoms with Gasteiger partial charge in [-0.25, -0.2) is 0 Å². The van der Waals surface area contributed by atoms with Crippen LogP contribution in [-0.4, -0.2) is 26.0 Å². The molecule has 2 unspecified atom stereocenters. The molecule has 1 heterocycles. The van der Waals surface area contributed by atoms with Gasteiger partial charge in [0.15, 0.2) is 8.32 Å². The number of carbonyl (C=O) groups is 1. The first kappa shape index (κ1) is 29.4. The van der Waals surface area contributed by atoms with Gasteiger partial charge in [-0.2, -0.15) is 0 Å². The lowest BCUT2D eigenvalue weighted by Crippen LogP contribution is -2.54. The first-order chi connectivity index (χ1) is 15.3. The molecule has 2 atom stereocenters. The minimum Gasteiger partial charge on any atom is -0.459 e. The summed E-state index contributed by atoms with van der Waals surface area (Å²) in [7, 11) is -1.62. The maximum Gasteiger partial charge on any atom is 0.306 e. The molecule has 1 rings (SSSR count). The minimum absolute atomic E-state index is 0.0376. The number of carbonyl (C=O) groups excluding carboxylic acids is 1. The van der Waals surface area contributed by atoms with Gasteiger partial charge in [-0.15, -0.1) is 0 Å². The molecule has 0 bridgehead atoms. The average Bonchev–Trinajstić information content (AvgIpc) is 2.73. The lowest BCUT2D eigenvalue weighted by Gasteiger charge is -2.46. The summed E-state index contributed by atoms with van der Waals surface area (Å²) in [5.74, 6) is -0.0376. The maximum atomic E-state index is 12.4. The van der Waals surface area contributed by atoms with Crippen LogP contribution < -0.4 is 0 Å². The number of rotatable bonds is 18. The van der Waals surface area contributed by atoms with E-state index in [2.05, 4.69) is 46.0 Å². The minimum atomic E-state index is -1.62. The number of esters is 1. The lowest BCUT2D eigenvalue weighted by molar-refractivity contribution is -0.164. The van der Waals surface area contributed by atoms with Crippen molar-refractivity contribution >= 4 is 14.3 Å². The Hall–Kier alpha value is -0.613. The SMILES string of the molecule is CCCCCCCC/C=C\CCCCCCCC(=O)OC(CC)C1(C)CCC[Si](C)(C)O1. The highest BCUT2D eigenvalue weighted by Gasteiger charge is 2.44. The number of hydrogen-bond donors (Lipinski definition) is 0. The molecule has 0 saturated carbocycles. The molecule has 0 aromatic heterocycles. The van der Waals surface area contributed by atoms with Crippen LogP contribution in [0.15, 0.2) is 12.2 Å². The van der Waals surface area contributed by atoms with Crippen LogP contribution in [-0.2, 0) is 14.0 Å². The Morgan fingerprint density at radius 1 is 0.938 bits per heavy atom. The number of allylic oxidation sites excluding steroid dienone is 2. The summed E-state index contributed by atoms with van der Waals surface area (Å²) in [5.41, 5.74) is -0.291. The van der Waals surface area contributed by atoms with E-state index in [1.807, 2.05) is 0 Å². The average molecular weight is 467 g/mol. The van der Waals surface area contributed by atoms with Gasteiger partial charge in [-0.05, 0) is 71.0 Å². The predicted molar refractivity (Wildman–Crippen MR) is 141 cm³/mol. The molecule has 32 heavy (non-hydrogen) atoms. The van der Waals surface area contributed by atoms with Gasteiger partial charge in [0.2, 0.25) is 0 Å². The van der Waals surface area contributed by atoms with Crippen molar-refractivity contribution in [3.63, 3.8) is 0 Å². The van der Waals surface area contributed by atoms with E-state index in [0.29, 0.717) is 6.42 Å². The summed E-state index contributed by atoms with van der Waals surface area (Å²) in [4.78, 5) is 12.4. The maximum absolute atomic E-state index is 12.4. The molecule has 0 aliphatic carbocycles. The topological polar surface area (TPSA) is 35.5 Å². The molecular formula is C28H54O3Si. The fraction of sp³-hybridized carbons (Fsp3) is 0.893. The zero-order chi connectivity index (χ0) is 23.7.